The Kier molecular flexibility index (Phi) is 18.7. The number of anilines is 1. The number of carbonyl (C=O) groups is 1. The Labute approximate surface area is 242 Å². The van der Waals surface area contributed by atoms with Crippen LogP contribution < -0.4 is 22.5 Å². The summed E-state index contributed by atoms with van der Waals surface area (Å²) < 4.78 is 0. The highest BCUT2D eigenvalue weighted by atomic mass is 16.1. The summed E-state index contributed by atoms with van der Waals surface area (Å²) in [7, 11) is 1.99. The van der Waals surface area contributed by atoms with E-state index in [0.29, 0.717) is 17.2 Å². The quantitative estimate of drug-likeness (QED) is 0.110. The van der Waals surface area contributed by atoms with Crippen LogP contribution in [0.2, 0.25) is 0 Å². The lowest BCUT2D eigenvalue weighted by Crippen LogP contribution is -2.12. The van der Waals surface area contributed by atoms with Gasteiger partial charge in [0, 0.05) is 41.5 Å². The van der Waals surface area contributed by atoms with Gasteiger partial charge in [-0.15, -0.1) is 0 Å². The van der Waals surface area contributed by atoms with Crippen molar-refractivity contribution in [3.63, 3.8) is 0 Å². The lowest BCUT2D eigenvalue weighted by molar-refractivity contribution is 0.112. The van der Waals surface area contributed by atoms with Gasteiger partial charge < -0.3 is 22.5 Å². The Morgan fingerprint density at radius 2 is 1.70 bits per heavy atom. The Morgan fingerprint density at radius 3 is 2.20 bits per heavy atom. The largest absolute Gasteiger partial charge is 0.405 e. The monoisotopic (exact) mass is 543 g/mol. The normalized spacial score (nSPS) is 10.4. The maximum absolute atomic E-state index is 10.4. The van der Waals surface area contributed by atoms with Gasteiger partial charge in [0.25, 0.3) is 0 Å². The number of nitrogens with zero attached hydrogens (tertiary/aromatic N) is 1. The molecule has 40 heavy (non-hydrogen) atoms. The molecule has 0 aliphatic rings. The fourth-order valence-electron chi connectivity index (χ4n) is 3.70. The molecule has 216 valence electrons. The van der Waals surface area contributed by atoms with Crippen LogP contribution in [0.4, 0.5) is 5.69 Å². The zero-order valence-electron chi connectivity index (χ0n) is 25.6. The maximum atomic E-state index is 10.4. The van der Waals surface area contributed by atoms with Crippen LogP contribution in [-0.4, -0.2) is 24.9 Å². The minimum Gasteiger partial charge on any atom is -0.405 e. The van der Waals surface area contributed by atoms with Crippen molar-refractivity contribution in [2.75, 3.05) is 19.3 Å². The number of rotatable bonds is 8. The van der Waals surface area contributed by atoms with Crippen molar-refractivity contribution in [3.05, 3.63) is 88.2 Å². The average Bonchev–Trinajstić information content (AvgIpc) is 2.99. The van der Waals surface area contributed by atoms with Crippen molar-refractivity contribution in [1.82, 2.24) is 10.3 Å². The molecule has 3 aromatic rings. The van der Waals surface area contributed by atoms with E-state index in [9.17, 15) is 4.79 Å². The molecule has 1 atom stereocenters. The zero-order chi connectivity index (χ0) is 30.5. The molecule has 0 saturated heterocycles. The first-order valence-electron chi connectivity index (χ1n) is 13.8. The summed E-state index contributed by atoms with van der Waals surface area (Å²) in [5.74, 6) is 3.03. The minimum atomic E-state index is 0.570. The Morgan fingerprint density at radius 1 is 1.07 bits per heavy atom. The number of hydrogen-bond acceptors (Lipinski definition) is 6. The van der Waals surface area contributed by atoms with Crippen LogP contribution in [0.1, 0.15) is 85.3 Å². The van der Waals surface area contributed by atoms with Crippen LogP contribution in [0, 0.1) is 25.8 Å². The fourth-order valence-corrected chi connectivity index (χ4v) is 3.70. The molecule has 0 spiro atoms. The number of aldehydes is 1. The summed E-state index contributed by atoms with van der Waals surface area (Å²) in [6.45, 7) is 15.6. The first-order valence-corrected chi connectivity index (χ1v) is 13.8. The molecule has 2 aromatic carbocycles. The van der Waals surface area contributed by atoms with Crippen molar-refractivity contribution in [2.45, 2.75) is 67.2 Å². The summed E-state index contributed by atoms with van der Waals surface area (Å²) in [4.78, 5) is 15.3. The van der Waals surface area contributed by atoms with E-state index in [1.807, 2.05) is 20.9 Å². The van der Waals surface area contributed by atoms with Gasteiger partial charge in [0.15, 0.2) is 0 Å². The Bertz CT molecular complexity index is 1230. The van der Waals surface area contributed by atoms with Gasteiger partial charge in [-0.3, -0.25) is 9.78 Å². The number of benzene rings is 2. The molecule has 0 aliphatic heterocycles. The van der Waals surface area contributed by atoms with Gasteiger partial charge in [-0.25, -0.2) is 0 Å². The van der Waals surface area contributed by atoms with Gasteiger partial charge >= 0.3 is 0 Å². The second-order valence-electron chi connectivity index (χ2n) is 8.96. The number of pyridine rings is 1. The first-order chi connectivity index (χ1) is 19.3. The van der Waals surface area contributed by atoms with Crippen molar-refractivity contribution in [1.29, 1.82) is 0 Å². The molecule has 0 amide bonds. The Balaban J connectivity index is 0.000000708. The van der Waals surface area contributed by atoms with Crippen molar-refractivity contribution < 1.29 is 4.79 Å². The minimum absolute atomic E-state index is 0.570. The van der Waals surface area contributed by atoms with Crippen LogP contribution >= 0.6 is 0 Å². The topological polar surface area (TPSA) is 120 Å². The molecule has 0 aliphatic carbocycles. The molecule has 1 aromatic heterocycles. The lowest BCUT2D eigenvalue weighted by atomic mass is 9.91. The highest BCUT2D eigenvalue weighted by Crippen LogP contribution is 2.30. The summed E-state index contributed by atoms with van der Waals surface area (Å²) in [5.41, 5.74) is 25.1. The fraction of sp³-hybridized carbons (Fsp3) is 0.353. The zero-order valence-corrected chi connectivity index (χ0v) is 25.6. The van der Waals surface area contributed by atoms with Gasteiger partial charge in [-0.1, -0.05) is 63.4 Å². The lowest BCUT2D eigenvalue weighted by Gasteiger charge is -2.18. The molecule has 0 radical (unpaired) electrons. The summed E-state index contributed by atoms with van der Waals surface area (Å²) >= 11 is 0. The average molecular weight is 544 g/mol. The van der Waals surface area contributed by atoms with Crippen LogP contribution in [0.3, 0.4) is 0 Å². The van der Waals surface area contributed by atoms with Gasteiger partial charge in [0.05, 0.1) is 5.69 Å². The molecule has 6 heteroatoms. The second-order valence-corrected chi connectivity index (χ2v) is 8.96. The molecule has 3 rings (SSSR count). The molecule has 0 fully saturated rings. The first kappa shape index (κ1) is 35.9. The van der Waals surface area contributed by atoms with Gasteiger partial charge in [0.2, 0.25) is 0 Å². The number of carbonyl (C=O) groups excluding carboxylic acids is 1. The predicted molar refractivity (Wildman–Crippen MR) is 174 cm³/mol. The third-order valence-electron chi connectivity index (χ3n) is 6.13. The number of hydrogen-bond donors (Lipinski definition) is 4. The second kappa shape index (κ2) is 20.8. The summed E-state index contributed by atoms with van der Waals surface area (Å²) in [6.07, 6.45) is 5.94. The number of nitrogens with one attached hydrogen (secondary N) is 1. The standard InChI is InChI=1S/C20H28N2.C9H10N2O.C3H5N.C2H6/c1-6-15(3)19-13-18(11-12-21-5)22-20(16(19)4)17-9-7-14(2)8-10-17;10-4-3-8-5-7(6-12)1-2-9(8)11;1-2-3-4;1-2/h7-10,13,15,21H,6,11-12H2,1-5H3;1-6H,10-11H2;4H2,1H3;1-2H3/b;4-3-;;. The number of aromatic nitrogens is 1. The molecule has 0 saturated carbocycles. The van der Waals surface area contributed by atoms with Gasteiger partial charge in [-0.05, 0) is 93.4 Å². The highest BCUT2D eigenvalue weighted by molar-refractivity contribution is 5.79. The predicted octanol–water partition coefficient (Wildman–Crippen LogP) is 6.60. The summed E-state index contributed by atoms with van der Waals surface area (Å²) in [5, 5.41) is 3.22. The number of nitrogen functional groups attached to an aromatic ring is 1. The van der Waals surface area contributed by atoms with E-state index in [1.54, 1.807) is 31.2 Å². The van der Waals surface area contributed by atoms with Crippen molar-refractivity contribution in [3.8, 4) is 23.2 Å². The van der Waals surface area contributed by atoms with Gasteiger partial charge in [-0.2, -0.15) is 0 Å². The molecule has 1 heterocycles. The Hall–Kier alpha value is -4.08. The van der Waals surface area contributed by atoms with E-state index in [0.717, 1.165) is 36.9 Å². The number of aryl methyl sites for hydroxylation is 1. The van der Waals surface area contributed by atoms with Crippen LogP contribution in [0.5, 0.6) is 0 Å². The maximum Gasteiger partial charge on any atom is 0.150 e. The third kappa shape index (κ3) is 12.2. The van der Waals surface area contributed by atoms with E-state index in [2.05, 4.69) is 81.0 Å². The van der Waals surface area contributed by atoms with Crippen LogP contribution in [0.15, 0.2) is 54.7 Å². The number of likely N-dealkylation sites (N-methyl/N-ethyl adjacent to an activating group) is 1. The van der Waals surface area contributed by atoms with E-state index < -0.39 is 0 Å². The van der Waals surface area contributed by atoms with Crippen LogP contribution in [0.25, 0.3) is 17.3 Å². The number of nitrogens with two attached hydrogens (primary N) is 3. The molecule has 7 N–H and O–H groups in total. The van der Waals surface area contributed by atoms with Gasteiger partial charge in [0.1, 0.15) is 6.29 Å². The smallest absolute Gasteiger partial charge is 0.150 e. The molecular formula is C34H49N5O. The molecule has 0 bridgehead atoms. The highest BCUT2D eigenvalue weighted by Gasteiger charge is 2.14. The van der Waals surface area contributed by atoms with Crippen molar-refractivity contribution >= 4 is 18.0 Å². The van der Waals surface area contributed by atoms with E-state index >= 15 is 0 Å². The van der Waals surface area contributed by atoms with E-state index in [1.165, 1.54) is 34.1 Å². The van der Waals surface area contributed by atoms with Crippen molar-refractivity contribution in [2.24, 2.45) is 11.5 Å². The SMILES string of the molecule is CC.CC#CN.CCC(C)c1cc(CCNC)nc(-c2ccc(C)cc2)c1C.N/C=C\c1cc(C=O)ccc1N. The van der Waals surface area contributed by atoms with Crippen LogP contribution in [-0.2, 0) is 6.42 Å². The van der Waals surface area contributed by atoms with E-state index in [-0.39, 0.29) is 0 Å². The molecule has 6 nitrogen and oxygen atoms in total. The molecular weight excluding hydrogens is 494 g/mol. The molecule has 1 unspecified atom stereocenters. The third-order valence-corrected chi connectivity index (χ3v) is 6.13. The summed E-state index contributed by atoms with van der Waals surface area (Å²) in [6, 6.07) is 18.2. The van der Waals surface area contributed by atoms with E-state index in [4.69, 9.17) is 16.5 Å².